The highest BCUT2D eigenvalue weighted by Crippen LogP contribution is 2.36. The Balaban J connectivity index is 1.94. The lowest BCUT2D eigenvalue weighted by Crippen LogP contribution is -2.19. The Kier molecular flexibility index (Phi) is 4.66. The molecule has 1 heterocycles. The van der Waals surface area contributed by atoms with Gasteiger partial charge in [-0.3, -0.25) is 4.79 Å². The molecule has 0 aromatic heterocycles. The minimum absolute atomic E-state index is 0.0261. The molecule has 0 saturated carbocycles. The van der Waals surface area contributed by atoms with E-state index < -0.39 is 10.1 Å². The smallest absolute Gasteiger partial charge is 0.339 e. The van der Waals surface area contributed by atoms with Crippen molar-refractivity contribution in [1.82, 2.24) is 0 Å². The molecule has 1 aliphatic heterocycles. The van der Waals surface area contributed by atoms with Gasteiger partial charge in [0.05, 0.1) is 15.1 Å². The highest BCUT2D eigenvalue weighted by atomic mass is 35.5. The van der Waals surface area contributed by atoms with Crippen LogP contribution < -0.4 is 9.50 Å². The third kappa shape index (κ3) is 3.47. The molecule has 0 unspecified atom stereocenters. The fraction of sp³-hybridized carbons (Fsp3) is 0.133. The Morgan fingerprint density at radius 2 is 1.67 bits per heavy atom. The molecule has 3 rings (SSSR count). The van der Waals surface area contributed by atoms with Crippen molar-refractivity contribution in [3.05, 3.63) is 51.0 Å². The first-order chi connectivity index (χ1) is 11.3. The van der Waals surface area contributed by atoms with E-state index >= 15 is 0 Å². The number of benzene rings is 2. The van der Waals surface area contributed by atoms with E-state index in [2.05, 4.69) is 5.32 Å². The molecule has 24 heavy (non-hydrogen) atoms. The van der Waals surface area contributed by atoms with Crippen molar-refractivity contribution in [2.75, 3.05) is 5.32 Å². The summed E-state index contributed by atoms with van der Waals surface area (Å²) in [4.78, 5) is 11.3. The Hall–Kier alpha value is -1.47. The van der Waals surface area contributed by atoms with Crippen LogP contribution in [-0.2, 0) is 21.3 Å². The number of aryl methyl sites for hydroxylation is 1. The first-order valence-corrected chi connectivity index (χ1v) is 9.32. The predicted octanol–water partition coefficient (Wildman–Crippen LogP) is 4.30. The van der Waals surface area contributed by atoms with Crippen LogP contribution in [0.5, 0.6) is 5.75 Å². The molecule has 9 heteroatoms. The van der Waals surface area contributed by atoms with Crippen molar-refractivity contribution in [2.24, 2.45) is 0 Å². The number of nitrogens with one attached hydrogen (secondary N) is 1. The van der Waals surface area contributed by atoms with Gasteiger partial charge in [-0.25, -0.2) is 0 Å². The molecular weight excluding hydrogens is 397 g/mol. The van der Waals surface area contributed by atoms with E-state index in [9.17, 15) is 13.2 Å². The Labute approximate surface area is 153 Å². The van der Waals surface area contributed by atoms with E-state index in [1.165, 1.54) is 30.3 Å². The lowest BCUT2D eigenvalue weighted by Gasteiger charge is -2.17. The summed E-state index contributed by atoms with van der Waals surface area (Å²) in [6.45, 7) is 0. The molecule has 0 radical (unpaired) electrons. The average Bonchev–Trinajstić information content (AvgIpc) is 2.51. The summed E-state index contributed by atoms with van der Waals surface area (Å²) in [5.41, 5.74) is 1.32. The van der Waals surface area contributed by atoms with Crippen LogP contribution >= 0.6 is 34.8 Å². The van der Waals surface area contributed by atoms with Gasteiger partial charge in [0.25, 0.3) is 0 Å². The fourth-order valence-electron chi connectivity index (χ4n) is 2.25. The Bertz CT molecular complexity index is 944. The van der Waals surface area contributed by atoms with Gasteiger partial charge in [-0.1, -0.05) is 34.8 Å². The molecule has 0 atom stereocenters. The summed E-state index contributed by atoms with van der Waals surface area (Å²) in [5, 5.41) is 3.02. The normalized spacial score (nSPS) is 14.0. The summed E-state index contributed by atoms with van der Waals surface area (Å²) in [6, 6.07) is 6.89. The van der Waals surface area contributed by atoms with Crippen LogP contribution in [0.3, 0.4) is 0 Å². The van der Waals surface area contributed by atoms with Crippen LogP contribution in [0, 0.1) is 0 Å². The van der Waals surface area contributed by atoms with Crippen molar-refractivity contribution in [3.8, 4) is 5.75 Å². The number of halogens is 3. The topological polar surface area (TPSA) is 72.5 Å². The highest BCUT2D eigenvalue weighted by Gasteiger charge is 2.23. The second kappa shape index (κ2) is 6.44. The van der Waals surface area contributed by atoms with Gasteiger partial charge in [-0.05, 0) is 36.2 Å². The summed E-state index contributed by atoms with van der Waals surface area (Å²) in [7, 11) is -4.11. The fourth-order valence-corrected chi connectivity index (χ4v) is 3.86. The van der Waals surface area contributed by atoms with Gasteiger partial charge in [0, 0.05) is 18.2 Å². The molecule has 1 aliphatic rings. The van der Waals surface area contributed by atoms with Crippen LogP contribution in [0.15, 0.2) is 35.2 Å². The molecule has 1 amide bonds. The molecule has 0 fully saturated rings. The van der Waals surface area contributed by atoms with Gasteiger partial charge in [-0.15, -0.1) is 0 Å². The maximum atomic E-state index is 12.5. The second-order valence-electron chi connectivity index (χ2n) is 5.10. The monoisotopic (exact) mass is 405 g/mol. The number of fused-ring (bicyclic) bond motifs is 1. The van der Waals surface area contributed by atoms with Gasteiger partial charge in [0.15, 0.2) is 5.75 Å². The van der Waals surface area contributed by atoms with E-state index in [4.69, 9.17) is 39.0 Å². The van der Waals surface area contributed by atoms with Crippen LogP contribution in [0.1, 0.15) is 12.0 Å². The van der Waals surface area contributed by atoms with E-state index in [1.54, 1.807) is 0 Å². The number of anilines is 1. The van der Waals surface area contributed by atoms with Crippen molar-refractivity contribution in [1.29, 1.82) is 0 Å². The molecule has 0 saturated heterocycles. The maximum absolute atomic E-state index is 12.5. The molecular formula is C15H10Cl3NO4S. The number of carbonyl (C=O) groups excluding carboxylic acids is 1. The predicted molar refractivity (Wildman–Crippen MR) is 92.7 cm³/mol. The molecule has 2 aromatic carbocycles. The first kappa shape index (κ1) is 17.4. The maximum Gasteiger partial charge on any atom is 0.339 e. The van der Waals surface area contributed by atoms with Crippen molar-refractivity contribution in [2.45, 2.75) is 17.7 Å². The van der Waals surface area contributed by atoms with E-state index in [1.807, 2.05) is 0 Å². The zero-order valence-corrected chi connectivity index (χ0v) is 15.1. The van der Waals surface area contributed by atoms with Crippen LogP contribution in [0.25, 0.3) is 0 Å². The number of rotatable bonds is 3. The van der Waals surface area contributed by atoms with E-state index in [0.717, 1.165) is 5.56 Å². The molecule has 0 aliphatic carbocycles. The summed E-state index contributed by atoms with van der Waals surface area (Å²) in [5.74, 6) is -0.214. The van der Waals surface area contributed by atoms with Gasteiger partial charge in [-0.2, -0.15) is 8.42 Å². The largest absolute Gasteiger partial charge is 0.377 e. The van der Waals surface area contributed by atoms with E-state index in [-0.39, 0.29) is 31.6 Å². The van der Waals surface area contributed by atoms with Crippen molar-refractivity contribution < 1.29 is 17.4 Å². The quantitative estimate of drug-likeness (QED) is 0.609. The summed E-state index contributed by atoms with van der Waals surface area (Å²) in [6.07, 6.45) is 0.758. The number of hydrogen-bond acceptors (Lipinski definition) is 4. The highest BCUT2D eigenvalue weighted by molar-refractivity contribution is 7.87. The van der Waals surface area contributed by atoms with E-state index in [0.29, 0.717) is 18.5 Å². The first-order valence-electron chi connectivity index (χ1n) is 6.78. The third-order valence-corrected chi connectivity index (χ3v) is 5.68. The summed E-state index contributed by atoms with van der Waals surface area (Å²) < 4.78 is 30.0. The third-order valence-electron chi connectivity index (χ3n) is 3.44. The number of carbonyl (C=O) groups is 1. The zero-order valence-electron chi connectivity index (χ0n) is 12.0. The molecule has 2 aromatic rings. The van der Waals surface area contributed by atoms with Crippen LogP contribution in [0.4, 0.5) is 5.69 Å². The SMILES string of the molecule is O=C1CCc2cc(S(=O)(=O)Oc3cc(Cl)c(Cl)cc3Cl)ccc2N1. The van der Waals surface area contributed by atoms with Gasteiger partial charge >= 0.3 is 10.1 Å². The molecule has 126 valence electrons. The second-order valence-corrected chi connectivity index (χ2v) is 7.87. The lowest BCUT2D eigenvalue weighted by atomic mass is 10.0. The average molecular weight is 407 g/mol. The van der Waals surface area contributed by atoms with Crippen LogP contribution in [0.2, 0.25) is 15.1 Å². The summed E-state index contributed by atoms with van der Waals surface area (Å²) >= 11 is 17.6. The molecule has 0 spiro atoms. The van der Waals surface area contributed by atoms with Crippen molar-refractivity contribution >= 4 is 56.5 Å². The Morgan fingerprint density at radius 1 is 0.958 bits per heavy atom. The Morgan fingerprint density at radius 3 is 2.42 bits per heavy atom. The molecule has 0 bridgehead atoms. The zero-order chi connectivity index (χ0) is 17.5. The van der Waals surface area contributed by atoms with Crippen LogP contribution in [-0.4, -0.2) is 14.3 Å². The van der Waals surface area contributed by atoms with Gasteiger partial charge in [0.2, 0.25) is 5.91 Å². The number of hydrogen-bond donors (Lipinski definition) is 1. The minimum Gasteiger partial charge on any atom is -0.377 e. The number of amides is 1. The molecule has 1 N–H and O–H groups in total. The standard InChI is InChI=1S/C15H10Cl3NO4S/c16-10-6-12(18)14(7-11(10)17)23-24(21,22)9-2-3-13-8(5-9)1-4-15(20)19-13/h2-3,5-7H,1,4H2,(H,19,20). The van der Waals surface area contributed by atoms with Gasteiger partial charge < -0.3 is 9.50 Å². The minimum atomic E-state index is -4.11. The van der Waals surface area contributed by atoms with Gasteiger partial charge in [0.1, 0.15) is 4.90 Å². The van der Waals surface area contributed by atoms with Crippen molar-refractivity contribution in [3.63, 3.8) is 0 Å². The lowest BCUT2D eigenvalue weighted by molar-refractivity contribution is -0.116. The molecule has 5 nitrogen and oxygen atoms in total.